The first-order valence-electron chi connectivity index (χ1n) is 13.5. The number of hydrogen-bond donors (Lipinski definition) is 6. The second kappa shape index (κ2) is 9.10. The molecule has 3 fully saturated rings. The molecule has 0 radical (unpaired) electrons. The fourth-order valence-electron chi connectivity index (χ4n) is 8.57. The summed E-state index contributed by atoms with van der Waals surface area (Å²) in [5, 5.41) is 66.0. The molecule has 9 nitrogen and oxygen atoms in total. The topological polar surface area (TPSA) is 165 Å². The van der Waals surface area contributed by atoms with Crippen LogP contribution in [0.1, 0.15) is 79.1 Å². The summed E-state index contributed by atoms with van der Waals surface area (Å²) in [7, 11) is 1.17. The standard InChI is InChI=1S/C28H44O9/c1-24-14-20(31)19(30)13-17(24)18(29)12-16-15(24)6-9-25(2)21(7-11-28(16,25)36)27(4,35)22(32)8-10-26(3,34)23(33)37-5/h12,15,17,19-22,30-32,34-36H,6-11,13-14H2,1-5H3/t15-,17-,19+,20-,21-,22+,24+,25+,26-,27+,28+/m0/s1. The predicted octanol–water partition coefficient (Wildman–Crippen LogP) is 1.01. The highest BCUT2D eigenvalue weighted by Crippen LogP contribution is 2.68. The van der Waals surface area contributed by atoms with E-state index in [0.29, 0.717) is 31.3 Å². The van der Waals surface area contributed by atoms with E-state index in [1.54, 1.807) is 6.08 Å². The van der Waals surface area contributed by atoms with Crippen molar-refractivity contribution in [1.82, 2.24) is 0 Å². The molecule has 4 aliphatic carbocycles. The van der Waals surface area contributed by atoms with Gasteiger partial charge in [0.2, 0.25) is 0 Å². The lowest BCUT2D eigenvalue weighted by Crippen LogP contribution is -2.62. The van der Waals surface area contributed by atoms with Crippen molar-refractivity contribution < 1.29 is 45.0 Å². The molecule has 210 valence electrons. The van der Waals surface area contributed by atoms with E-state index in [1.165, 1.54) is 21.0 Å². The van der Waals surface area contributed by atoms with Gasteiger partial charge in [-0.15, -0.1) is 0 Å². The summed E-state index contributed by atoms with van der Waals surface area (Å²) in [6, 6.07) is 0. The van der Waals surface area contributed by atoms with Crippen LogP contribution in [0.4, 0.5) is 0 Å². The molecule has 0 aromatic rings. The summed E-state index contributed by atoms with van der Waals surface area (Å²) >= 11 is 0. The third-order valence-corrected chi connectivity index (χ3v) is 11.0. The minimum absolute atomic E-state index is 0.0517. The van der Waals surface area contributed by atoms with Crippen LogP contribution in [0.25, 0.3) is 0 Å². The second-order valence-electron chi connectivity index (χ2n) is 13.1. The third-order valence-electron chi connectivity index (χ3n) is 11.0. The van der Waals surface area contributed by atoms with E-state index >= 15 is 0 Å². The number of fused-ring (bicyclic) bond motifs is 5. The van der Waals surface area contributed by atoms with E-state index in [-0.39, 0.29) is 37.4 Å². The maximum absolute atomic E-state index is 13.3. The molecule has 0 aromatic carbocycles. The van der Waals surface area contributed by atoms with Crippen molar-refractivity contribution in [1.29, 1.82) is 0 Å². The zero-order chi connectivity index (χ0) is 27.8. The molecule has 0 heterocycles. The van der Waals surface area contributed by atoms with Gasteiger partial charge >= 0.3 is 5.97 Å². The highest BCUT2D eigenvalue weighted by Gasteiger charge is 2.69. The van der Waals surface area contributed by atoms with E-state index in [4.69, 9.17) is 0 Å². The van der Waals surface area contributed by atoms with E-state index in [1.807, 2.05) is 13.8 Å². The molecule has 0 saturated heterocycles. The van der Waals surface area contributed by atoms with E-state index in [0.717, 1.165) is 0 Å². The van der Waals surface area contributed by atoms with Gasteiger partial charge < -0.3 is 35.4 Å². The molecule has 0 aliphatic heterocycles. The van der Waals surface area contributed by atoms with E-state index in [2.05, 4.69) is 4.74 Å². The highest BCUT2D eigenvalue weighted by atomic mass is 16.5. The fourth-order valence-corrected chi connectivity index (χ4v) is 8.57. The number of carbonyl (C=O) groups is 2. The number of carbonyl (C=O) groups excluding carboxylic acids is 2. The lowest BCUT2D eigenvalue weighted by molar-refractivity contribution is -0.179. The lowest BCUT2D eigenvalue weighted by Gasteiger charge is -2.60. The monoisotopic (exact) mass is 524 g/mol. The Labute approximate surface area is 218 Å². The largest absolute Gasteiger partial charge is 0.467 e. The average molecular weight is 525 g/mol. The maximum Gasteiger partial charge on any atom is 0.337 e. The number of aliphatic hydroxyl groups excluding tert-OH is 3. The quantitative estimate of drug-likeness (QED) is 0.278. The van der Waals surface area contributed by atoms with Crippen molar-refractivity contribution in [2.24, 2.45) is 28.6 Å². The van der Waals surface area contributed by atoms with Gasteiger partial charge in [-0.2, -0.15) is 0 Å². The van der Waals surface area contributed by atoms with Gasteiger partial charge in [0.05, 0.1) is 36.6 Å². The van der Waals surface area contributed by atoms with Gasteiger partial charge in [-0.3, -0.25) is 4.79 Å². The van der Waals surface area contributed by atoms with Gasteiger partial charge in [-0.1, -0.05) is 13.8 Å². The summed E-state index contributed by atoms with van der Waals surface area (Å²) in [6.45, 7) is 6.73. The molecule has 11 atom stereocenters. The molecule has 6 N–H and O–H groups in total. The Balaban J connectivity index is 1.61. The van der Waals surface area contributed by atoms with E-state index in [9.17, 15) is 40.2 Å². The molecule has 3 saturated carbocycles. The van der Waals surface area contributed by atoms with Gasteiger partial charge in [0.25, 0.3) is 0 Å². The highest BCUT2D eigenvalue weighted by molar-refractivity contribution is 5.95. The SMILES string of the molecule is COC(=O)[C@@](C)(O)CC[C@@H](O)[C@](C)(O)[C@H]1CC[C@@]2(O)C3=CC(=O)[C@@H]4C[C@@H](O)[C@@H](O)C[C@]4(C)[C@H]3CC[C@]12C. The first-order chi connectivity index (χ1) is 17.0. The van der Waals surface area contributed by atoms with Gasteiger partial charge in [-0.05, 0) is 94.1 Å². The fraction of sp³-hybridized carbons (Fsp3) is 0.857. The number of aliphatic hydroxyl groups is 6. The Hall–Kier alpha value is -1.36. The van der Waals surface area contributed by atoms with Crippen LogP contribution in [0.5, 0.6) is 0 Å². The zero-order valence-electron chi connectivity index (χ0n) is 22.6. The summed E-state index contributed by atoms with van der Waals surface area (Å²) in [4.78, 5) is 25.1. The van der Waals surface area contributed by atoms with Crippen LogP contribution in [0.2, 0.25) is 0 Å². The third kappa shape index (κ3) is 4.12. The van der Waals surface area contributed by atoms with Crippen LogP contribution in [0, 0.1) is 28.6 Å². The Morgan fingerprint density at radius 1 is 1.14 bits per heavy atom. The first-order valence-corrected chi connectivity index (χ1v) is 13.5. The van der Waals surface area contributed by atoms with Gasteiger partial charge in [-0.25, -0.2) is 4.79 Å². The molecule has 0 spiro atoms. The van der Waals surface area contributed by atoms with Crippen LogP contribution < -0.4 is 0 Å². The van der Waals surface area contributed by atoms with Gasteiger partial charge in [0.15, 0.2) is 11.4 Å². The normalized spacial score (nSPS) is 45.4. The van der Waals surface area contributed by atoms with Crippen molar-refractivity contribution in [3.8, 4) is 0 Å². The van der Waals surface area contributed by atoms with Crippen LogP contribution in [-0.4, -0.2) is 84.6 Å². The summed E-state index contributed by atoms with van der Waals surface area (Å²) in [5.41, 5.74) is -5.57. The lowest BCUT2D eigenvalue weighted by atomic mass is 9.45. The number of allylic oxidation sites excluding steroid dienone is 1. The molecular weight excluding hydrogens is 480 g/mol. The number of ketones is 1. The predicted molar refractivity (Wildman–Crippen MR) is 133 cm³/mol. The number of hydrogen-bond acceptors (Lipinski definition) is 9. The molecule has 0 bridgehead atoms. The minimum atomic E-state index is -1.80. The van der Waals surface area contributed by atoms with Crippen molar-refractivity contribution >= 4 is 11.8 Å². The number of ether oxygens (including phenoxy) is 1. The van der Waals surface area contributed by atoms with Crippen molar-refractivity contribution in [2.75, 3.05) is 7.11 Å². The van der Waals surface area contributed by atoms with E-state index < -0.39 is 63.8 Å². The smallest absolute Gasteiger partial charge is 0.337 e. The molecule has 0 aromatic heterocycles. The number of methoxy groups -OCH3 is 1. The Kier molecular flexibility index (Phi) is 7.04. The number of esters is 1. The van der Waals surface area contributed by atoms with Gasteiger partial charge in [0.1, 0.15) is 0 Å². The Bertz CT molecular complexity index is 973. The second-order valence-corrected chi connectivity index (χ2v) is 13.1. The van der Waals surface area contributed by atoms with Crippen LogP contribution in [-0.2, 0) is 14.3 Å². The van der Waals surface area contributed by atoms with Crippen LogP contribution in [0.3, 0.4) is 0 Å². The van der Waals surface area contributed by atoms with Crippen LogP contribution in [0.15, 0.2) is 11.6 Å². The summed E-state index contributed by atoms with van der Waals surface area (Å²) < 4.78 is 4.62. The minimum Gasteiger partial charge on any atom is -0.467 e. The number of rotatable bonds is 6. The molecule has 9 heteroatoms. The molecule has 37 heavy (non-hydrogen) atoms. The molecule has 4 rings (SSSR count). The molecular formula is C28H44O9. The average Bonchev–Trinajstić information content (AvgIpc) is 3.11. The van der Waals surface area contributed by atoms with Crippen molar-refractivity contribution in [3.63, 3.8) is 0 Å². The van der Waals surface area contributed by atoms with Gasteiger partial charge in [0, 0.05) is 11.3 Å². The zero-order valence-corrected chi connectivity index (χ0v) is 22.6. The van der Waals surface area contributed by atoms with Crippen molar-refractivity contribution in [2.45, 2.75) is 114 Å². The first kappa shape index (κ1) is 28.6. The summed E-state index contributed by atoms with van der Waals surface area (Å²) in [6.07, 6.45) is 0.662. The Morgan fingerprint density at radius 2 is 1.78 bits per heavy atom. The molecule has 0 unspecified atom stereocenters. The van der Waals surface area contributed by atoms with Crippen molar-refractivity contribution in [3.05, 3.63) is 11.6 Å². The summed E-state index contributed by atoms with van der Waals surface area (Å²) in [5.74, 6) is -2.03. The molecule has 4 aliphatic rings. The molecule has 0 amide bonds. The van der Waals surface area contributed by atoms with Crippen LogP contribution >= 0.6 is 0 Å². The Morgan fingerprint density at radius 3 is 2.41 bits per heavy atom. The maximum atomic E-state index is 13.3.